The lowest BCUT2D eigenvalue weighted by atomic mass is 10.2. The van der Waals surface area contributed by atoms with Crippen LogP contribution in [-0.2, 0) is 4.79 Å². The molecule has 0 fully saturated rings. The lowest BCUT2D eigenvalue weighted by molar-refractivity contribution is -0.119. The number of hydrogen-bond donors (Lipinski definition) is 1. The number of thioether (sulfide) groups is 1. The summed E-state index contributed by atoms with van der Waals surface area (Å²) in [7, 11) is 0. The zero-order chi connectivity index (χ0) is 16.9. The van der Waals surface area contributed by atoms with Gasteiger partial charge in [0.1, 0.15) is 5.76 Å². The number of furan rings is 1. The van der Waals surface area contributed by atoms with Crippen LogP contribution in [0.2, 0.25) is 0 Å². The zero-order valence-electron chi connectivity index (χ0n) is 13.3. The van der Waals surface area contributed by atoms with Crippen molar-refractivity contribution in [1.29, 1.82) is 0 Å². The predicted octanol–water partition coefficient (Wildman–Crippen LogP) is 2.53. The number of nitrogens with one attached hydrogen (secondary N) is 1. The number of benzene rings is 1. The number of carbonyl (C=O) groups is 1. The molecule has 1 atom stereocenters. The highest BCUT2D eigenvalue weighted by Crippen LogP contribution is 2.20. The Morgan fingerprint density at radius 2 is 2.17 bits per heavy atom. The van der Waals surface area contributed by atoms with E-state index < -0.39 is 0 Å². The molecule has 3 rings (SSSR count). The van der Waals surface area contributed by atoms with Gasteiger partial charge in [0.05, 0.1) is 23.7 Å². The standard InChI is InChI=1S/C16H17N5O2S/c1-11-6-3-4-7-13(11)21-16(18-19-20-21)24-10-15(22)17-12(2)14-8-5-9-23-14/h3-9,12H,10H2,1-2H3,(H,17,22)/t12-/m0/s1. The molecule has 124 valence electrons. The van der Waals surface area contributed by atoms with Gasteiger partial charge in [0.15, 0.2) is 0 Å². The smallest absolute Gasteiger partial charge is 0.231 e. The van der Waals surface area contributed by atoms with Crippen molar-refractivity contribution >= 4 is 17.7 Å². The summed E-state index contributed by atoms with van der Waals surface area (Å²) >= 11 is 1.29. The van der Waals surface area contributed by atoms with Gasteiger partial charge in [0, 0.05) is 0 Å². The molecule has 1 aromatic carbocycles. The van der Waals surface area contributed by atoms with Gasteiger partial charge in [-0.05, 0) is 48.0 Å². The van der Waals surface area contributed by atoms with E-state index in [1.54, 1.807) is 17.0 Å². The summed E-state index contributed by atoms with van der Waals surface area (Å²) in [6.45, 7) is 3.86. The van der Waals surface area contributed by atoms with Gasteiger partial charge in [-0.3, -0.25) is 4.79 Å². The summed E-state index contributed by atoms with van der Waals surface area (Å²) in [4.78, 5) is 12.1. The van der Waals surface area contributed by atoms with Crippen molar-refractivity contribution in [2.75, 3.05) is 5.75 Å². The molecule has 1 N–H and O–H groups in total. The first-order valence-electron chi connectivity index (χ1n) is 7.45. The summed E-state index contributed by atoms with van der Waals surface area (Å²) < 4.78 is 6.92. The summed E-state index contributed by atoms with van der Waals surface area (Å²) in [5.41, 5.74) is 1.96. The topological polar surface area (TPSA) is 85.8 Å². The number of para-hydroxylation sites is 1. The van der Waals surface area contributed by atoms with Crippen LogP contribution in [0.25, 0.3) is 5.69 Å². The van der Waals surface area contributed by atoms with Gasteiger partial charge in [-0.15, -0.1) is 5.10 Å². The molecule has 2 aromatic heterocycles. The Balaban J connectivity index is 1.63. The monoisotopic (exact) mass is 343 g/mol. The maximum absolute atomic E-state index is 12.1. The molecule has 0 spiro atoms. The number of carbonyl (C=O) groups excluding carboxylic acids is 1. The molecule has 3 aromatic rings. The number of aromatic nitrogens is 4. The van der Waals surface area contributed by atoms with E-state index in [2.05, 4.69) is 20.8 Å². The minimum atomic E-state index is -0.180. The highest BCUT2D eigenvalue weighted by atomic mass is 32.2. The molecule has 0 aliphatic carbocycles. The van der Waals surface area contributed by atoms with Crippen LogP contribution in [0.5, 0.6) is 0 Å². The van der Waals surface area contributed by atoms with E-state index >= 15 is 0 Å². The van der Waals surface area contributed by atoms with E-state index in [0.717, 1.165) is 17.0 Å². The van der Waals surface area contributed by atoms with Crippen LogP contribution in [0, 0.1) is 6.92 Å². The molecular formula is C16H17N5O2S. The molecule has 24 heavy (non-hydrogen) atoms. The van der Waals surface area contributed by atoms with Crippen LogP contribution in [-0.4, -0.2) is 31.9 Å². The Morgan fingerprint density at radius 1 is 1.33 bits per heavy atom. The molecule has 0 unspecified atom stereocenters. The first-order chi connectivity index (χ1) is 11.6. The quantitative estimate of drug-likeness (QED) is 0.692. The lowest BCUT2D eigenvalue weighted by Crippen LogP contribution is -2.28. The van der Waals surface area contributed by atoms with Gasteiger partial charge in [0.2, 0.25) is 11.1 Å². The summed E-state index contributed by atoms with van der Waals surface area (Å²) in [6.07, 6.45) is 1.59. The van der Waals surface area contributed by atoms with E-state index in [9.17, 15) is 4.79 Å². The lowest BCUT2D eigenvalue weighted by Gasteiger charge is -2.11. The number of aryl methyl sites for hydroxylation is 1. The van der Waals surface area contributed by atoms with Gasteiger partial charge >= 0.3 is 0 Å². The molecule has 0 aliphatic heterocycles. The largest absolute Gasteiger partial charge is 0.467 e. The number of tetrazole rings is 1. The molecule has 8 heteroatoms. The third kappa shape index (κ3) is 3.65. The molecule has 2 heterocycles. The SMILES string of the molecule is Cc1ccccc1-n1nnnc1SCC(=O)N[C@@H](C)c1ccco1. The average Bonchev–Trinajstić information content (AvgIpc) is 3.25. The second-order valence-corrected chi connectivity index (χ2v) is 6.20. The van der Waals surface area contributed by atoms with E-state index in [-0.39, 0.29) is 17.7 Å². The number of hydrogen-bond acceptors (Lipinski definition) is 6. The van der Waals surface area contributed by atoms with Crippen molar-refractivity contribution in [3.8, 4) is 5.69 Å². The second kappa shape index (κ2) is 7.31. The highest BCUT2D eigenvalue weighted by Gasteiger charge is 2.15. The molecule has 1 amide bonds. The van der Waals surface area contributed by atoms with Gasteiger partial charge in [-0.1, -0.05) is 30.0 Å². The van der Waals surface area contributed by atoms with Crippen LogP contribution in [0.1, 0.15) is 24.3 Å². The maximum atomic E-state index is 12.1. The zero-order valence-corrected chi connectivity index (χ0v) is 14.2. The number of rotatable bonds is 6. The van der Waals surface area contributed by atoms with Crippen LogP contribution in [0.15, 0.2) is 52.2 Å². The molecule has 0 saturated heterocycles. The Morgan fingerprint density at radius 3 is 2.92 bits per heavy atom. The summed E-state index contributed by atoms with van der Waals surface area (Å²) in [6, 6.07) is 11.3. The van der Waals surface area contributed by atoms with Crippen molar-refractivity contribution in [1.82, 2.24) is 25.5 Å². The maximum Gasteiger partial charge on any atom is 0.231 e. The molecule has 0 radical (unpaired) electrons. The van der Waals surface area contributed by atoms with Gasteiger partial charge in [-0.25, -0.2) is 0 Å². The van der Waals surface area contributed by atoms with Crippen LogP contribution >= 0.6 is 11.8 Å². The number of nitrogens with zero attached hydrogens (tertiary/aromatic N) is 4. The Labute approximate surface area is 143 Å². The van der Waals surface area contributed by atoms with Gasteiger partial charge < -0.3 is 9.73 Å². The average molecular weight is 343 g/mol. The van der Waals surface area contributed by atoms with E-state index in [1.807, 2.05) is 44.2 Å². The Hall–Kier alpha value is -2.61. The normalized spacial score (nSPS) is 12.1. The van der Waals surface area contributed by atoms with Crippen molar-refractivity contribution in [3.63, 3.8) is 0 Å². The van der Waals surface area contributed by atoms with Crippen molar-refractivity contribution in [2.24, 2.45) is 0 Å². The van der Waals surface area contributed by atoms with Gasteiger partial charge in [-0.2, -0.15) is 4.68 Å². The van der Waals surface area contributed by atoms with Crippen molar-refractivity contribution in [2.45, 2.75) is 25.0 Å². The van der Waals surface area contributed by atoms with E-state index in [0.29, 0.717) is 5.16 Å². The third-order valence-electron chi connectivity index (χ3n) is 3.46. The third-order valence-corrected chi connectivity index (χ3v) is 4.38. The first kappa shape index (κ1) is 16.3. The predicted molar refractivity (Wildman–Crippen MR) is 89.9 cm³/mol. The molecule has 0 aliphatic rings. The minimum Gasteiger partial charge on any atom is -0.467 e. The number of amides is 1. The minimum absolute atomic E-state index is 0.108. The van der Waals surface area contributed by atoms with Crippen molar-refractivity contribution in [3.05, 3.63) is 54.0 Å². The first-order valence-corrected chi connectivity index (χ1v) is 8.43. The second-order valence-electron chi connectivity index (χ2n) is 5.25. The Kier molecular flexibility index (Phi) is 4.95. The van der Waals surface area contributed by atoms with Crippen LogP contribution in [0.3, 0.4) is 0 Å². The molecule has 0 saturated carbocycles. The fourth-order valence-electron chi connectivity index (χ4n) is 2.24. The van der Waals surface area contributed by atoms with E-state index in [4.69, 9.17) is 4.42 Å². The summed E-state index contributed by atoms with van der Waals surface area (Å²) in [5.74, 6) is 0.832. The van der Waals surface area contributed by atoms with Crippen molar-refractivity contribution < 1.29 is 9.21 Å². The fourth-order valence-corrected chi connectivity index (χ4v) is 2.94. The molecular weight excluding hydrogens is 326 g/mol. The Bertz CT molecular complexity index is 816. The van der Waals surface area contributed by atoms with E-state index in [1.165, 1.54) is 11.8 Å². The van der Waals surface area contributed by atoms with Gasteiger partial charge in [0.25, 0.3) is 0 Å². The van der Waals surface area contributed by atoms with Crippen LogP contribution < -0.4 is 5.32 Å². The fraction of sp³-hybridized carbons (Fsp3) is 0.250. The molecule has 7 nitrogen and oxygen atoms in total. The summed E-state index contributed by atoms with van der Waals surface area (Å²) in [5, 5.41) is 15.2. The molecule has 0 bridgehead atoms. The van der Waals surface area contributed by atoms with Crippen LogP contribution in [0.4, 0.5) is 0 Å². The highest BCUT2D eigenvalue weighted by molar-refractivity contribution is 7.99.